The van der Waals surface area contributed by atoms with Gasteiger partial charge in [0.15, 0.2) is 0 Å². The molecule has 176 valence electrons. The molecule has 34 heavy (non-hydrogen) atoms. The number of halogens is 3. The summed E-state index contributed by atoms with van der Waals surface area (Å²) >= 11 is 0. The summed E-state index contributed by atoms with van der Waals surface area (Å²) in [7, 11) is 0. The van der Waals surface area contributed by atoms with Gasteiger partial charge in [-0.25, -0.2) is 4.79 Å². The van der Waals surface area contributed by atoms with Crippen molar-refractivity contribution in [1.82, 2.24) is 15.2 Å². The van der Waals surface area contributed by atoms with Crippen LogP contribution >= 0.6 is 0 Å². The van der Waals surface area contributed by atoms with Crippen molar-refractivity contribution in [3.63, 3.8) is 0 Å². The highest BCUT2D eigenvalue weighted by molar-refractivity contribution is 5.79. The molecular formula is C25H22F3N3O3. The summed E-state index contributed by atoms with van der Waals surface area (Å²) in [5.74, 6) is -0.508. The number of alkyl halides is 3. The summed E-state index contributed by atoms with van der Waals surface area (Å²) in [6.07, 6.45) is -2.91. The third-order valence-corrected chi connectivity index (χ3v) is 6.17. The van der Waals surface area contributed by atoms with Crippen LogP contribution in [-0.2, 0) is 4.74 Å². The highest BCUT2D eigenvalue weighted by Crippen LogP contribution is 2.44. The molecule has 1 fully saturated rings. The van der Waals surface area contributed by atoms with Crippen molar-refractivity contribution >= 4 is 6.09 Å². The van der Waals surface area contributed by atoms with E-state index in [9.17, 15) is 18.0 Å². The zero-order valence-corrected chi connectivity index (χ0v) is 18.1. The molecule has 2 aliphatic rings. The molecule has 0 radical (unpaired) electrons. The summed E-state index contributed by atoms with van der Waals surface area (Å²) in [5, 5.41) is 3.17. The molecule has 0 bridgehead atoms. The van der Waals surface area contributed by atoms with Gasteiger partial charge in [-0.3, -0.25) is 9.88 Å². The van der Waals surface area contributed by atoms with Crippen molar-refractivity contribution in [3.05, 3.63) is 83.7 Å². The largest absolute Gasteiger partial charge is 0.573 e. The van der Waals surface area contributed by atoms with Crippen LogP contribution in [0.2, 0.25) is 0 Å². The molecule has 0 spiro atoms. The van der Waals surface area contributed by atoms with Crippen molar-refractivity contribution < 1.29 is 27.4 Å². The van der Waals surface area contributed by atoms with Crippen LogP contribution in [0.5, 0.6) is 5.75 Å². The maximum Gasteiger partial charge on any atom is 0.573 e. The number of hydrogen-bond donors (Lipinski definition) is 1. The molecule has 1 unspecified atom stereocenters. The predicted octanol–water partition coefficient (Wildman–Crippen LogP) is 4.88. The van der Waals surface area contributed by atoms with E-state index in [-0.39, 0.29) is 12.5 Å². The average Bonchev–Trinajstić information content (AvgIpc) is 3.15. The van der Waals surface area contributed by atoms with Crippen molar-refractivity contribution in [3.8, 4) is 16.9 Å². The fraction of sp³-hybridized carbons (Fsp3) is 0.280. The highest BCUT2D eigenvalue weighted by atomic mass is 19.4. The van der Waals surface area contributed by atoms with Gasteiger partial charge in [-0.15, -0.1) is 13.2 Å². The van der Waals surface area contributed by atoms with Crippen LogP contribution in [0.25, 0.3) is 11.1 Å². The number of nitrogens with zero attached hydrogens (tertiary/aromatic N) is 2. The molecule has 0 saturated carbocycles. The van der Waals surface area contributed by atoms with Crippen molar-refractivity contribution in [2.45, 2.75) is 18.3 Å². The summed E-state index contributed by atoms with van der Waals surface area (Å²) in [4.78, 5) is 18.5. The molecule has 1 aliphatic carbocycles. The molecular weight excluding hydrogens is 447 g/mol. The Morgan fingerprint density at radius 1 is 1.06 bits per heavy atom. The standard InChI is InChI=1S/C25H22F3N3O3/c26-25(27,28)34-17-11-16(12-30-13-17)23-14-29-9-10-31(23)24(32)33-15-22-20-7-3-1-5-18(20)19-6-2-4-8-21(19)22/h1-8,11-13,22-23,29H,9-10,14-15H2. The maximum atomic E-state index is 13.1. The van der Waals surface area contributed by atoms with E-state index in [1.165, 1.54) is 17.2 Å². The second kappa shape index (κ2) is 8.98. The van der Waals surface area contributed by atoms with E-state index in [0.29, 0.717) is 25.2 Å². The third-order valence-electron chi connectivity index (χ3n) is 6.17. The van der Waals surface area contributed by atoms with E-state index in [0.717, 1.165) is 28.5 Å². The maximum absolute atomic E-state index is 13.1. The number of benzene rings is 2. The van der Waals surface area contributed by atoms with Gasteiger partial charge in [0.05, 0.1) is 12.2 Å². The number of carbonyl (C=O) groups excluding carboxylic acids is 1. The number of piperazine rings is 1. The van der Waals surface area contributed by atoms with Gasteiger partial charge in [-0.05, 0) is 33.9 Å². The van der Waals surface area contributed by atoms with Gasteiger partial charge in [0, 0.05) is 31.7 Å². The lowest BCUT2D eigenvalue weighted by molar-refractivity contribution is -0.274. The minimum atomic E-state index is -4.82. The van der Waals surface area contributed by atoms with Crippen molar-refractivity contribution in [2.75, 3.05) is 26.2 Å². The Balaban J connectivity index is 1.33. The lowest BCUT2D eigenvalue weighted by Crippen LogP contribution is -2.49. The second-order valence-corrected chi connectivity index (χ2v) is 8.22. The topological polar surface area (TPSA) is 63.7 Å². The van der Waals surface area contributed by atoms with Gasteiger partial charge in [0.25, 0.3) is 0 Å². The Hall–Kier alpha value is -3.59. The van der Waals surface area contributed by atoms with Gasteiger partial charge in [0.2, 0.25) is 0 Å². The van der Waals surface area contributed by atoms with Crippen molar-refractivity contribution in [1.29, 1.82) is 0 Å². The number of ether oxygens (including phenoxy) is 2. The Labute approximate surface area is 194 Å². The van der Waals surface area contributed by atoms with Crippen molar-refractivity contribution in [2.24, 2.45) is 0 Å². The molecule has 1 atom stereocenters. The number of fused-ring (bicyclic) bond motifs is 3. The molecule has 1 saturated heterocycles. The van der Waals surface area contributed by atoms with Gasteiger partial charge in [-0.1, -0.05) is 48.5 Å². The van der Waals surface area contributed by atoms with E-state index in [1.807, 2.05) is 36.4 Å². The molecule has 2 aromatic carbocycles. The summed E-state index contributed by atoms with van der Waals surface area (Å²) in [6.45, 7) is 1.43. The molecule has 9 heteroatoms. The minimum absolute atomic E-state index is 0.0807. The van der Waals surface area contributed by atoms with E-state index in [4.69, 9.17) is 4.74 Å². The summed E-state index contributed by atoms with van der Waals surface area (Å²) < 4.78 is 47.7. The van der Waals surface area contributed by atoms with Crippen LogP contribution in [0.15, 0.2) is 67.0 Å². The van der Waals surface area contributed by atoms with Crippen LogP contribution in [0.1, 0.15) is 28.7 Å². The number of carbonyl (C=O) groups is 1. The molecule has 1 amide bonds. The summed E-state index contributed by atoms with van der Waals surface area (Å²) in [6, 6.07) is 16.8. The first-order valence-corrected chi connectivity index (χ1v) is 10.9. The number of hydrogen-bond acceptors (Lipinski definition) is 5. The molecule has 5 rings (SSSR count). The smallest absolute Gasteiger partial charge is 0.448 e. The highest BCUT2D eigenvalue weighted by Gasteiger charge is 2.34. The van der Waals surface area contributed by atoms with Crippen LogP contribution < -0.4 is 10.1 Å². The van der Waals surface area contributed by atoms with E-state index >= 15 is 0 Å². The fourth-order valence-corrected chi connectivity index (χ4v) is 4.70. The normalized spacial score (nSPS) is 17.7. The SMILES string of the molecule is O=C(OCC1c2ccccc2-c2ccccc21)N1CCNCC1c1cncc(OC(F)(F)F)c1. The molecule has 6 nitrogen and oxygen atoms in total. The van der Waals surface area contributed by atoms with Gasteiger partial charge in [0.1, 0.15) is 12.4 Å². The molecule has 1 N–H and O–H groups in total. The molecule has 1 aromatic heterocycles. The van der Waals surface area contributed by atoms with E-state index in [2.05, 4.69) is 27.2 Å². The number of aromatic nitrogens is 1. The molecule has 2 heterocycles. The minimum Gasteiger partial charge on any atom is -0.448 e. The number of amides is 1. The Morgan fingerprint density at radius 3 is 2.41 bits per heavy atom. The van der Waals surface area contributed by atoms with Gasteiger partial charge < -0.3 is 14.8 Å². The molecule has 1 aliphatic heterocycles. The third kappa shape index (κ3) is 4.43. The Morgan fingerprint density at radius 2 is 1.74 bits per heavy atom. The predicted molar refractivity (Wildman–Crippen MR) is 118 cm³/mol. The number of rotatable bonds is 4. The van der Waals surface area contributed by atoms with E-state index in [1.54, 1.807) is 0 Å². The number of nitrogens with one attached hydrogen (secondary N) is 1. The first kappa shape index (κ1) is 22.2. The van der Waals surface area contributed by atoms with Gasteiger partial charge in [-0.2, -0.15) is 0 Å². The van der Waals surface area contributed by atoms with E-state index < -0.39 is 24.2 Å². The van der Waals surface area contributed by atoms with Crippen LogP contribution in [0, 0.1) is 0 Å². The quantitative estimate of drug-likeness (QED) is 0.591. The summed E-state index contributed by atoms with van der Waals surface area (Å²) in [5.41, 5.74) is 4.91. The van der Waals surface area contributed by atoms with Crippen LogP contribution in [-0.4, -0.2) is 48.6 Å². The molecule has 3 aromatic rings. The fourth-order valence-electron chi connectivity index (χ4n) is 4.70. The Bertz CT molecular complexity index is 1160. The second-order valence-electron chi connectivity index (χ2n) is 8.22. The lowest BCUT2D eigenvalue weighted by Gasteiger charge is -2.35. The monoisotopic (exact) mass is 469 g/mol. The lowest BCUT2D eigenvalue weighted by atomic mass is 9.98. The Kier molecular flexibility index (Phi) is 5.87. The van der Waals surface area contributed by atoms with Gasteiger partial charge >= 0.3 is 12.5 Å². The van der Waals surface area contributed by atoms with Crippen LogP contribution in [0.4, 0.5) is 18.0 Å². The van der Waals surface area contributed by atoms with Crippen LogP contribution in [0.3, 0.4) is 0 Å². The number of pyridine rings is 1. The first-order chi connectivity index (χ1) is 16.4. The zero-order chi connectivity index (χ0) is 23.7. The zero-order valence-electron chi connectivity index (χ0n) is 18.1. The average molecular weight is 469 g/mol. The first-order valence-electron chi connectivity index (χ1n) is 10.9.